The zero-order chi connectivity index (χ0) is 8.93. The second-order valence-electron chi connectivity index (χ2n) is 4.33. The van der Waals surface area contributed by atoms with E-state index in [0.717, 1.165) is 6.61 Å². The van der Waals surface area contributed by atoms with E-state index in [1.165, 1.54) is 58.2 Å². The second kappa shape index (κ2) is 4.97. The number of likely N-dealkylation sites (tertiary alicyclic amines) is 1. The van der Waals surface area contributed by atoms with Crippen LogP contribution >= 0.6 is 0 Å². The van der Waals surface area contributed by atoms with Gasteiger partial charge >= 0.3 is 0 Å². The monoisotopic (exact) mass is 183 g/mol. The van der Waals surface area contributed by atoms with Gasteiger partial charge in [0.25, 0.3) is 0 Å². The van der Waals surface area contributed by atoms with Gasteiger partial charge in [-0.05, 0) is 45.2 Å². The van der Waals surface area contributed by atoms with Crippen molar-refractivity contribution in [1.29, 1.82) is 0 Å². The van der Waals surface area contributed by atoms with Gasteiger partial charge in [0.2, 0.25) is 0 Å². The van der Waals surface area contributed by atoms with Crippen LogP contribution < -0.4 is 0 Å². The van der Waals surface area contributed by atoms with E-state index in [4.69, 9.17) is 4.74 Å². The summed E-state index contributed by atoms with van der Waals surface area (Å²) in [6.45, 7) is 4.93. The molecular weight excluding hydrogens is 162 g/mol. The molecule has 2 heteroatoms. The molecule has 0 N–H and O–H groups in total. The fourth-order valence-corrected chi connectivity index (χ4v) is 2.38. The Bertz CT molecular complexity index is 137. The van der Waals surface area contributed by atoms with Gasteiger partial charge < -0.3 is 9.64 Å². The molecule has 2 saturated heterocycles. The predicted molar refractivity (Wildman–Crippen MR) is 53.9 cm³/mol. The van der Waals surface area contributed by atoms with E-state index in [-0.39, 0.29) is 0 Å². The first-order valence-corrected chi connectivity index (χ1v) is 5.79. The van der Waals surface area contributed by atoms with Crippen LogP contribution in [0.3, 0.4) is 0 Å². The minimum atomic E-state index is 0.585. The van der Waals surface area contributed by atoms with Gasteiger partial charge in [0.1, 0.15) is 0 Å². The van der Waals surface area contributed by atoms with E-state index < -0.39 is 0 Å². The van der Waals surface area contributed by atoms with Crippen LogP contribution in [-0.2, 0) is 4.74 Å². The van der Waals surface area contributed by atoms with Crippen LogP contribution in [0.2, 0.25) is 0 Å². The Labute approximate surface area is 81.3 Å². The van der Waals surface area contributed by atoms with E-state index in [0.29, 0.717) is 6.10 Å². The van der Waals surface area contributed by atoms with E-state index >= 15 is 0 Å². The molecular formula is C11H21NO. The fourth-order valence-electron chi connectivity index (χ4n) is 2.38. The minimum absolute atomic E-state index is 0.585. The highest BCUT2D eigenvalue weighted by Gasteiger charge is 2.17. The molecule has 2 fully saturated rings. The maximum absolute atomic E-state index is 5.62. The van der Waals surface area contributed by atoms with Gasteiger partial charge in [0, 0.05) is 13.2 Å². The first-order chi connectivity index (χ1) is 6.45. The highest BCUT2D eigenvalue weighted by atomic mass is 16.5. The van der Waals surface area contributed by atoms with E-state index in [9.17, 15) is 0 Å². The number of piperidine rings is 1. The van der Waals surface area contributed by atoms with Crippen molar-refractivity contribution in [2.45, 2.75) is 44.6 Å². The zero-order valence-electron chi connectivity index (χ0n) is 8.50. The van der Waals surface area contributed by atoms with Crippen molar-refractivity contribution in [3.05, 3.63) is 0 Å². The number of rotatable bonds is 3. The van der Waals surface area contributed by atoms with Gasteiger partial charge in [0.15, 0.2) is 0 Å². The van der Waals surface area contributed by atoms with Gasteiger partial charge in [-0.15, -0.1) is 0 Å². The van der Waals surface area contributed by atoms with Gasteiger partial charge in [0.05, 0.1) is 6.10 Å². The molecule has 1 atom stereocenters. The summed E-state index contributed by atoms with van der Waals surface area (Å²) >= 11 is 0. The lowest BCUT2D eigenvalue weighted by molar-refractivity contribution is 0.0889. The third kappa shape index (κ3) is 2.96. The van der Waals surface area contributed by atoms with Crippen molar-refractivity contribution < 1.29 is 4.74 Å². The Morgan fingerprint density at radius 2 is 1.92 bits per heavy atom. The largest absolute Gasteiger partial charge is 0.378 e. The lowest BCUT2D eigenvalue weighted by Crippen LogP contribution is -2.32. The van der Waals surface area contributed by atoms with E-state index in [1.807, 2.05) is 0 Å². The lowest BCUT2D eigenvalue weighted by atomic mass is 10.1. The summed E-state index contributed by atoms with van der Waals surface area (Å²) in [4.78, 5) is 2.60. The smallest absolute Gasteiger partial charge is 0.0588 e. The van der Waals surface area contributed by atoms with Crippen LogP contribution in [0, 0.1) is 0 Å². The highest BCUT2D eigenvalue weighted by molar-refractivity contribution is 4.70. The molecule has 76 valence electrons. The molecule has 0 bridgehead atoms. The highest BCUT2D eigenvalue weighted by Crippen LogP contribution is 2.17. The predicted octanol–water partition coefficient (Wildman–Crippen LogP) is 2.04. The minimum Gasteiger partial charge on any atom is -0.378 e. The van der Waals surface area contributed by atoms with Crippen molar-refractivity contribution >= 4 is 0 Å². The van der Waals surface area contributed by atoms with Crippen LogP contribution in [0.25, 0.3) is 0 Å². The van der Waals surface area contributed by atoms with Crippen molar-refractivity contribution in [1.82, 2.24) is 4.90 Å². The molecule has 2 rings (SSSR count). The van der Waals surface area contributed by atoms with E-state index in [1.54, 1.807) is 0 Å². The molecule has 0 aromatic carbocycles. The number of ether oxygens (including phenoxy) is 1. The molecule has 0 aromatic heterocycles. The van der Waals surface area contributed by atoms with Crippen molar-refractivity contribution in [2.75, 3.05) is 26.2 Å². The molecule has 2 nitrogen and oxygen atoms in total. The van der Waals surface area contributed by atoms with Crippen LogP contribution in [0.5, 0.6) is 0 Å². The topological polar surface area (TPSA) is 12.5 Å². The Balaban J connectivity index is 1.60. The SMILES string of the molecule is C1CCN(CCC2CCCO2)CC1. The molecule has 2 aliphatic heterocycles. The average molecular weight is 183 g/mol. The Hall–Kier alpha value is -0.0800. The third-order valence-corrected chi connectivity index (χ3v) is 3.24. The summed E-state index contributed by atoms with van der Waals surface area (Å²) in [7, 11) is 0. The number of nitrogens with zero attached hydrogens (tertiary/aromatic N) is 1. The molecule has 0 spiro atoms. The van der Waals surface area contributed by atoms with Gasteiger partial charge in [-0.25, -0.2) is 0 Å². The summed E-state index contributed by atoms with van der Waals surface area (Å²) in [6, 6.07) is 0. The number of hydrogen-bond acceptors (Lipinski definition) is 2. The van der Waals surface area contributed by atoms with Gasteiger partial charge in [-0.1, -0.05) is 6.42 Å². The van der Waals surface area contributed by atoms with E-state index in [2.05, 4.69) is 4.90 Å². The van der Waals surface area contributed by atoms with Crippen molar-refractivity contribution in [2.24, 2.45) is 0 Å². The molecule has 1 unspecified atom stereocenters. The summed E-state index contributed by atoms with van der Waals surface area (Å²) in [5.74, 6) is 0. The second-order valence-corrected chi connectivity index (χ2v) is 4.33. The molecule has 0 amide bonds. The summed E-state index contributed by atoms with van der Waals surface area (Å²) in [5.41, 5.74) is 0. The molecule has 0 saturated carbocycles. The number of hydrogen-bond donors (Lipinski definition) is 0. The molecule has 0 aliphatic carbocycles. The van der Waals surface area contributed by atoms with Gasteiger partial charge in [-0.2, -0.15) is 0 Å². The van der Waals surface area contributed by atoms with Crippen LogP contribution in [0.4, 0.5) is 0 Å². The van der Waals surface area contributed by atoms with Crippen LogP contribution in [0.15, 0.2) is 0 Å². The Morgan fingerprint density at radius 3 is 2.62 bits per heavy atom. The summed E-state index contributed by atoms with van der Waals surface area (Å²) in [5, 5.41) is 0. The van der Waals surface area contributed by atoms with Crippen LogP contribution in [0.1, 0.15) is 38.5 Å². The van der Waals surface area contributed by atoms with Crippen molar-refractivity contribution in [3.8, 4) is 0 Å². The molecule has 0 aromatic rings. The molecule has 13 heavy (non-hydrogen) atoms. The molecule has 0 radical (unpaired) electrons. The van der Waals surface area contributed by atoms with Crippen LogP contribution in [-0.4, -0.2) is 37.2 Å². The third-order valence-electron chi connectivity index (χ3n) is 3.24. The fraction of sp³-hybridized carbons (Fsp3) is 1.00. The first-order valence-electron chi connectivity index (χ1n) is 5.79. The van der Waals surface area contributed by atoms with Gasteiger partial charge in [-0.3, -0.25) is 0 Å². The Kier molecular flexibility index (Phi) is 3.62. The molecule has 2 aliphatic rings. The first kappa shape index (κ1) is 9.47. The molecule has 2 heterocycles. The standard InChI is InChI=1S/C11H21NO/c1-2-7-12(8-3-1)9-6-11-5-4-10-13-11/h11H,1-10H2. The maximum atomic E-state index is 5.62. The Morgan fingerprint density at radius 1 is 1.08 bits per heavy atom. The maximum Gasteiger partial charge on any atom is 0.0588 e. The quantitative estimate of drug-likeness (QED) is 0.664. The lowest BCUT2D eigenvalue weighted by Gasteiger charge is -2.27. The zero-order valence-corrected chi connectivity index (χ0v) is 8.50. The summed E-state index contributed by atoms with van der Waals surface area (Å²) < 4.78 is 5.62. The summed E-state index contributed by atoms with van der Waals surface area (Å²) in [6.07, 6.45) is 8.69. The van der Waals surface area contributed by atoms with Crippen molar-refractivity contribution in [3.63, 3.8) is 0 Å². The normalized spacial score (nSPS) is 30.9. The average Bonchev–Trinajstić information content (AvgIpc) is 2.69.